The van der Waals surface area contributed by atoms with Gasteiger partial charge in [-0.25, -0.2) is 0 Å². The molecule has 1 aliphatic heterocycles. The second-order valence-corrected chi connectivity index (χ2v) is 5.82. The van der Waals surface area contributed by atoms with Gasteiger partial charge in [0.25, 0.3) is 0 Å². The molecule has 5 heteroatoms. The van der Waals surface area contributed by atoms with E-state index in [1.807, 2.05) is 18.2 Å². The summed E-state index contributed by atoms with van der Waals surface area (Å²) in [6.07, 6.45) is 3.43. The molecule has 1 amide bonds. The lowest BCUT2D eigenvalue weighted by molar-refractivity contribution is -0.121. The fourth-order valence-electron chi connectivity index (χ4n) is 2.89. The molecular formula is C17H27ClN2O2. The predicted molar refractivity (Wildman–Crippen MR) is 91.4 cm³/mol. The first-order valence-corrected chi connectivity index (χ1v) is 7.93. The van der Waals surface area contributed by atoms with Crippen LogP contribution in [0, 0.1) is 5.92 Å². The molecule has 0 radical (unpaired) electrons. The van der Waals surface area contributed by atoms with Crippen LogP contribution in [0.3, 0.4) is 0 Å². The number of halogens is 1. The van der Waals surface area contributed by atoms with Crippen LogP contribution in [0.5, 0.6) is 0 Å². The number of amides is 1. The lowest BCUT2D eigenvalue weighted by Crippen LogP contribution is -2.29. The van der Waals surface area contributed by atoms with Crippen molar-refractivity contribution in [3.63, 3.8) is 0 Å². The minimum Gasteiger partial charge on any atom is -0.396 e. The van der Waals surface area contributed by atoms with Crippen molar-refractivity contribution in [2.45, 2.75) is 31.6 Å². The second kappa shape index (κ2) is 10.6. The summed E-state index contributed by atoms with van der Waals surface area (Å²) in [6, 6.07) is 10.1. The van der Waals surface area contributed by atoms with Gasteiger partial charge in [-0.1, -0.05) is 30.3 Å². The standard InChI is InChI=1S/C17H26N2O2.ClH/c20-11-9-16(15-4-2-1-3-5-15)13-19-17(21)7-6-14-8-10-18-12-14;/h1-5,14,16,18,20H,6-13H2,(H,19,21);1H. The Morgan fingerprint density at radius 3 is 2.77 bits per heavy atom. The third-order valence-electron chi connectivity index (χ3n) is 4.24. The van der Waals surface area contributed by atoms with Gasteiger partial charge in [0.1, 0.15) is 0 Å². The SMILES string of the molecule is Cl.O=C(CCC1CCNC1)NCC(CCO)c1ccccc1. The van der Waals surface area contributed by atoms with Crippen LogP contribution in [-0.4, -0.2) is 37.3 Å². The van der Waals surface area contributed by atoms with Crippen molar-refractivity contribution in [1.29, 1.82) is 0 Å². The number of carbonyl (C=O) groups is 1. The molecule has 1 aromatic carbocycles. The van der Waals surface area contributed by atoms with Gasteiger partial charge < -0.3 is 15.7 Å². The molecule has 1 heterocycles. The van der Waals surface area contributed by atoms with Crippen LogP contribution < -0.4 is 10.6 Å². The van der Waals surface area contributed by atoms with Crippen molar-refractivity contribution in [3.8, 4) is 0 Å². The molecule has 1 aliphatic rings. The van der Waals surface area contributed by atoms with Gasteiger partial charge in [0, 0.05) is 25.5 Å². The van der Waals surface area contributed by atoms with E-state index in [4.69, 9.17) is 0 Å². The van der Waals surface area contributed by atoms with Gasteiger partial charge in [0.15, 0.2) is 0 Å². The highest BCUT2D eigenvalue weighted by Crippen LogP contribution is 2.18. The third-order valence-corrected chi connectivity index (χ3v) is 4.24. The monoisotopic (exact) mass is 326 g/mol. The van der Waals surface area contributed by atoms with Crippen LogP contribution in [0.4, 0.5) is 0 Å². The smallest absolute Gasteiger partial charge is 0.220 e. The molecule has 3 N–H and O–H groups in total. The molecule has 1 fully saturated rings. The Morgan fingerprint density at radius 1 is 1.36 bits per heavy atom. The van der Waals surface area contributed by atoms with E-state index in [9.17, 15) is 9.90 Å². The highest BCUT2D eigenvalue weighted by Gasteiger charge is 2.16. The Labute approximate surface area is 139 Å². The number of hydrogen-bond acceptors (Lipinski definition) is 3. The fraction of sp³-hybridized carbons (Fsp3) is 0.588. The summed E-state index contributed by atoms with van der Waals surface area (Å²) in [5, 5.41) is 15.5. The molecule has 4 nitrogen and oxygen atoms in total. The van der Waals surface area contributed by atoms with Crippen LogP contribution in [0.2, 0.25) is 0 Å². The average molecular weight is 327 g/mol. The highest BCUT2D eigenvalue weighted by molar-refractivity contribution is 5.85. The van der Waals surface area contributed by atoms with E-state index in [2.05, 4.69) is 22.8 Å². The lowest BCUT2D eigenvalue weighted by atomic mass is 9.96. The summed E-state index contributed by atoms with van der Waals surface area (Å²) in [7, 11) is 0. The largest absolute Gasteiger partial charge is 0.396 e. The van der Waals surface area contributed by atoms with Gasteiger partial charge >= 0.3 is 0 Å². The molecule has 22 heavy (non-hydrogen) atoms. The van der Waals surface area contributed by atoms with Gasteiger partial charge in [0.2, 0.25) is 5.91 Å². The molecular weight excluding hydrogens is 300 g/mol. The number of aliphatic hydroxyl groups is 1. The normalized spacial score (nSPS) is 18.5. The Kier molecular flexibility index (Phi) is 9.13. The minimum atomic E-state index is 0. The Hall–Kier alpha value is -1.10. The van der Waals surface area contributed by atoms with Gasteiger partial charge in [0.05, 0.1) is 0 Å². The maximum absolute atomic E-state index is 11.9. The number of nitrogens with one attached hydrogen (secondary N) is 2. The van der Waals surface area contributed by atoms with Crippen LogP contribution in [0.25, 0.3) is 0 Å². The minimum absolute atomic E-state index is 0. The predicted octanol–water partition coefficient (Wildman–Crippen LogP) is 2.08. The van der Waals surface area contributed by atoms with Crippen LogP contribution >= 0.6 is 12.4 Å². The number of aliphatic hydroxyl groups excluding tert-OH is 1. The van der Waals surface area contributed by atoms with Gasteiger partial charge in [-0.3, -0.25) is 4.79 Å². The Bertz CT molecular complexity index is 422. The molecule has 2 unspecified atom stereocenters. The molecule has 124 valence electrons. The first-order chi connectivity index (χ1) is 10.3. The van der Waals surface area contributed by atoms with Gasteiger partial charge in [-0.05, 0) is 43.8 Å². The molecule has 0 spiro atoms. The molecule has 0 bridgehead atoms. The zero-order chi connectivity index (χ0) is 14.9. The van der Waals surface area contributed by atoms with Crippen molar-refractivity contribution in [3.05, 3.63) is 35.9 Å². The van der Waals surface area contributed by atoms with Crippen molar-refractivity contribution >= 4 is 18.3 Å². The third kappa shape index (κ3) is 6.34. The van der Waals surface area contributed by atoms with E-state index < -0.39 is 0 Å². The van der Waals surface area contributed by atoms with E-state index >= 15 is 0 Å². The fourth-order valence-corrected chi connectivity index (χ4v) is 2.89. The number of carbonyl (C=O) groups excluding carboxylic acids is 1. The molecule has 2 rings (SSSR count). The van der Waals surface area contributed by atoms with Crippen molar-refractivity contribution < 1.29 is 9.90 Å². The summed E-state index contributed by atoms with van der Waals surface area (Å²) in [4.78, 5) is 11.9. The zero-order valence-corrected chi connectivity index (χ0v) is 13.8. The van der Waals surface area contributed by atoms with Gasteiger partial charge in [-0.15, -0.1) is 12.4 Å². The maximum atomic E-state index is 11.9. The Morgan fingerprint density at radius 2 is 2.14 bits per heavy atom. The van der Waals surface area contributed by atoms with Crippen molar-refractivity contribution in [2.75, 3.05) is 26.2 Å². The lowest BCUT2D eigenvalue weighted by Gasteiger charge is -2.17. The number of hydrogen-bond donors (Lipinski definition) is 3. The number of rotatable bonds is 8. The molecule has 1 saturated heterocycles. The highest BCUT2D eigenvalue weighted by atomic mass is 35.5. The number of benzene rings is 1. The first-order valence-electron chi connectivity index (χ1n) is 7.93. The summed E-state index contributed by atoms with van der Waals surface area (Å²) < 4.78 is 0. The van der Waals surface area contributed by atoms with E-state index in [0.29, 0.717) is 25.3 Å². The van der Waals surface area contributed by atoms with Crippen molar-refractivity contribution in [1.82, 2.24) is 10.6 Å². The molecule has 2 atom stereocenters. The topological polar surface area (TPSA) is 61.4 Å². The quantitative estimate of drug-likeness (QED) is 0.685. The summed E-state index contributed by atoms with van der Waals surface area (Å²) in [6.45, 7) is 2.87. The summed E-state index contributed by atoms with van der Waals surface area (Å²) in [5.74, 6) is 0.965. The molecule has 0 saturated carbocycles. The van der Waals surface area contributed by atoms with Crippen LogP contribution in [0.15, 0.2) is 30.3 Å². The van der Waals surface area contributed by atoms with Crippen LogP contribution in [0.1, 0.15) is 37.2 Å². The summed E-state index contributed by atoms with van der Waals surface area (Å²) >= 11 is 0. The average Bonchev–Trinajstić information content (AvgIpc) is 3.03. The van der Waals surface area contributed by atoms with Crippen LogP contribution in [-0.2, 0) is 4.79 Å². The first kappa shape index (κ1) is 18.9. The molecule has 1 aromatic rings. The molecule has 0 aliphatic carbocycles. The summed E-state index contributed by atoms with van der Waals surface area (Å²) in [5.41, 5.74) is 1.17. The maximum Gasteiger partial charge on any atom is 0.220 e. The van der Waals surface area contributed by atoms with E-state index in [-0.39, 0.29) is 30.8 Å². The zero-order valence-electron chi connectivity index (χ0n) is 13.0. The van der Waals surface area contributed by atoms with E-state index in [1.165, 1.54) is 12.0 Å². The van der Waals surface area contributed by atoms with Crippen molar-refractivity contribution in [2.24, 2.45) is 5.92 Å². The Balaban J connectivity index is 0.00000242. The van der Waals surface area contributed by atoms with Gasteiger partial charge in [-0.2, -0.15) is 0 Å². The second-order valence-electron chi connectivity index (χ2n) is 5.82. The van der Waals surface area contributed by atoms with E-state index in [1.54, 1.807) is 0 Å². The molecule has 0 aromatic heterocycles. The van der Waals surface area contributed by atoms with E-state index in [0.717, 1.165) is 19.5 Å².